The van der Waals surface area contributed by atoms with E-state index < -0.39 is 11.7 Å². The minimum Gasteiger partial charge on any atom is -0.502 e. The number of aliphatic carboxylic acids is 1. The van der Waals surface area contributed by atoms with Crippen molar-refractivity contribution in [3.05, 3.63) is 11.8 Å². The first-order valence-corrected chi connectivity index (χ1v) is 4.68. The highest BCUT2D eigenvalue weighted by Gasteiger charge is 1.97. The van der Waals surface area contributed by atoms with Crippen molar-refractivity contribution in [3.8, 4) is 0 Å². The molecule has 0 spiro atoms. The van der Waals surface area contributed by atoms with Gasteiger partial charge in [0.2, 0.25) is 0 Å². The predicted molar refractivity (Wildman–Crippen MR) is 56.0 cm³/mol. The molecule has 0 aromatic carbocycles. The van der Waals surface area contributed by atoms with Crippen LogP contribution < -0.4 is 0 Å². The molecule has 0 radical (unpaired) electrons. The number of carboxylic acid groups (broad SMARTS) is 1. The van der Waals surface area contributed by atoms with Crippen LogP contribution in [0, 0.1) is 0 Å². The lowest BCUT2D eigenvalue weighted by Crippen LogP contribution is -1.97. The number of allylic oxidation sites excluding steroid dienone is 1. The summed E-state index contributed by atoms with van der Waals surface area (Å²) in [5, 5.41) is 16.1. The summed E-state index contributed by atoms with van der Waals surface area (Å²) in [5.74, 6) is -1.90. The maximum atomic E-state index is 9.61. The number of aliphatic hydroxyl groups is 1. The number of carboxylic acids is 1. The number of carbonyl (C=O) groups is 1. The van der Waals surface area contributed by atoms with Gasteiger partial charge in [0.25, 0.3) is 0 Å². The average molecular weight is 190 g/mol. The summed E-state index contributed by atoms with van der Waals surface area (Å²) in [7, 11) is 0. The van der Waals surface area contributed by atoms with Crippen molar-refractivity contribution >= 4 is 5.97 Å². The second-order valence-electron chi connectivity index (χ2n) is 1.98. The van der Waals surface area contributed by atoms with Crippen LogP contribution in [0.5, 0.6) is 0 Å². The van der Waals surface area contributed by atoms with Gasteiger partial charge in [0.05, 0.1) is 0 Å². The van der Waals surface area contributed by atoms with Crippen LogP contribution in [0.2, 0.25) is 0 Å². The van der Waals surface area contributed by atoms with Gasteiger partial charge in [-0.2, -0.15) is 0 Å². The van der Waals surface area contributed by atoms with Crippen molar-refractivity contribution in [1.82, 2.24) is 0 Å². The van der Waals surface area contributed by atoms with Gasteiger partial charge in [-0.05, 0) is 13.0 Å². The van der Waals surface area contributed by atoms with Crippen molar-refractivity contribution in [2.75, 3.05) is 0 Å². The highest BCUT2D eigenvalue weighted by molar-refractivity contribution is 5.83. The Bertz CT molecular complexity index is 126. The molecule has 0 bridgehead atoms. The maximum absolute atomic E-state index is 9.61. The lowest BCUT2D eigenvalue weighted by molar-refractivity contribution is -0.135. The largest absolute Gasteiger partial charge is 0.502 e. The molecule has 0 unspecified atom stereocenters. The zero-order valence-electron chi connectivity index (χ0n) is 9.29. The van der Waals surface area contributed by atoms with E-state index in [1.165, 1.54) is 19.8 Å². The van der Waals surface area contributed by atoms with E-state index in [-0.39, 0.29) is 0 Å². The minimum atomic E-state index is -1.29. The Balaban J connectivity index is -0.000000142. The van der Waals surface area contributed by atoms with E-state index in [1.54, 1.807) is 0 Å². The fourth-order valence-corrected chi connectivity index (χ4v) is 0.123. The van der Waals surface area contributed by atoms with Crippen LogP contribution in [0.3, 0.4) is 0 Å². The summed E-state index contributed by atoms with van der Waals surface area (Å²) in [6, 6.07) is 0. The molecule has 0 atom stereocenters. The summed E-state index contributed by atoms with van der Waals surface area (Å²) >= 11 is 0. The van der Waals surface area contributed by atoms with Gasteiger partial charge in [0.1, 0.15) is 0 Å². The number of aliphatic hydroxyl groups excluding tert-OH is 1. The molecule has 0 fully saturated rings. The molecule has 0 aromatic heterocycles. The molecular formula is C10H22O3. The Hall–Kier alpha value is -0.990. The van der Waals surface area contributed by atoms with Crippen LogP contribution in [0.15, 0.2) is 11.8 Å². The number of hydrogen-bond acceptors (Lipinski definition) is 2. The third kappa shape index (κ3) is 24.7. The SMILES string of the molecule is C/C=C(\O)C(=O)O.CC.CCCC. The quantitative estimate of drug-likeness (QED) is 0.518. The van der Waals surface area contributed by atoms with Gasteiger partial charge in [0, 0.05) is 0 Å². The van der Waals surface area contributed by atoms with Crippen LogP contribution in [-0.4, -0.2) is 16.2 Å². The Morgan fingerprint density at radius 2 is 1.46 bits per heavy atom. The van der Waals surface area contributed by atoms with Gasteiger partial charge in [-0.3, -0.25) is 0 Å². The molecular weight excluding hydrogens is 168 g/mol. The standard InChI is InChI=1S/C4H6O3.C4H10.C2H6/c1-2-3(5)4(6)7;1-3-4-2;1-2/h2,5H,1H3,(H,6,7);3-4H2,1-2H3;1-2H3/b3-2-;;. The molecule has 0 saturated heterocycles. The Morgan fingerprint density at radius 1 is 1.15 bits per heavy atom. The second kappa shape index (κ2) is 17.2. The van der Waals surface area contributed by atoms with Gasteiger partial charge in [-0.1, -0.05) is 40.5 Å². The molecule has 3 heteroatoms. The number of hydrogen-bond donors (Lipinski definition) is 2. The van der Waals surface area contributed by atoms with Crippen molar-refractivity contribution in [1.29, 1.82) is 0 Å². The fourth-order valence-electron chi connectivity index (χ4n) is 0.123. The predicted octanol–water partition coefficient (Wildman–Crippen LogP) is 3.37. The van der Waals surface area contributed by atoms with Crippen molar-refractivity contribution in [2.24, 2.45) is 0 Å². The first kappa shape index (κ1) is 17.9. The summed E-state index contributed by atoms with van der Waals surface area (Å²) in [6.45, 7) is 9.81. The second-order valence-corrected chi connectivity index (χ2v) is 1.98. The van der Waals surface area contributed by atoms with Crippen molar-refractivity contribution in [3.63, 3.8) is 0 Å². The first-order valence-electron chi connectivity index (χ1n) is 4.68. The number of rotatable bonds is 2. The molecule has 0 rings (SSSR count). The van der Waals surface area contributed by atoms with Crippen LogP contribution in [-0.2, 0) is 4.79 Å². The number of unbranched alkanes of at least 4 members (excludes halogenated alkanes) is 1. The molecule has 2 N–H and O–H groups in total. The van der Waals surface area contributed by atoms with Gasteiger partial charge >= 0.3 is 5.97 Å². The van der Waals surface area contributed by atoms with Gasteiger partial charge in [-0.25, -0.2) is 4.79 Å². The fraction of sp³-hybridized carbons (Fsp3) is 0.700. The van der Waals surface area contributed by atoms with Crippen LogP contribution in [0.4, 0.5) is 0 Å². The minimum absolute atomic E-state index is 0.611. The topological polar surface area (TPSA) is 57.5 Å². The molecule has 0 aliphatic carbocycles. The summed E-state index contributed by atoms with van der Waals surface area (Å²) in [5.41, 5.74) is 0. The monoisotopic (exact) mass is 190 g/mol. The smallest absolute Gasteiger partial charge is 0.370 e. The van der Waals surface area contributed by atoms with Gasteiger partial charge in [0.15, 0.2) is 5.76 Å². The van der Waals surface area contributed by atoms with E-state index in [4.69, 9.17) is 10.2 Å². The molecule has 0 aromatic rings. The first-order chi connectivity index (χ1) is 6.09. The molecule has 0 heterocycles. The lowest BCUT2D eigenvalue weighted by atomic mass is 10.4. The van der Waals surface area contributed by atoms with Crippen molar-refractivity contribution < 1.29 is 15.0 Å². The highest BCUT2D eigenvalue weighted by Crippen LogP contribution is 1.83. The van der Waals surface area contributed by atoms with E-state index in [0.717, 1.165) is 6.08 Å². The van der Waals surface area contributed by atoms with Crippen molar-refractivity contribution in [2.45, 2.75) is 47.5 Å². The van der Waals surface area contributed by atoms with E-state index >= 15 is 0 Å². The van der Waals surface area contributed by atoms with Crippen LogP contribution in [0.25, 0.3) is 0 Å². The van der Waals surface area contributed by atoms with E-state index in [9.17, 15) is 4.79 Å². The Labute approximate surface area is 81.1 Å². The molecule has 0 saturated carbocycles. The zero-order valence-corrected chi connectivity index (χ0v) is 9.29. The molecule has 3 nitrogen and oxygen atoms in total. The summed E-state index contributed by atoms with van der Waals surface area (Å²) < 4.78 is 0. The molecule has 80 valence electrons. The third-order valence-electron chi connectivity index (χ3n) is 0.993. The van der Waals surface area contributed by atoms with E-state index in [0.29, 0.717) is 0 Å². The maximum Gasteiger partial charge on any atom is 0.370 e. The lowest BCUT2D eigenvalue weighted by Gasteiger charge is -1.83. The van der Waals surface area contributed by atoms with Gasteiger partial charge in [-0.15, -0.1) is 0 Å². The Kier molecular flexibility index (Phi) is 23.7. The van der Waals surface area contributed by atoms with Crippen LogP contribution >= 0.6 is 0 Å². The summed E-state index contributed by atoms with van der Waals surface area (Å²) in [6.07, 6.45) is 3.75. The van der Waals surface area contributed by atoms with Crippen LogP contribution in [0.1, 0.15) is 47.5 Å². The van der Waals surface area contributed by atoms with E-state index in [2.05, 4.69) is 13.8 Å². The van der Waals surface area contributed by atoms with E-state index in [1.807, 2.05) is 13.8 Å². The highest BCUT2D eigenvalue weighted by atomic mass is 16.4. The summed E-state index contributed by atoms with van der Waals surface area (Å²) in [4.78, 5) is 9.61. The molecule has 0 aliphatic heterocycles. The third-order valence-corrected chi connectivity index (χ3v) is 0.993. The van der Waals surface area contributed by atoms with Gasteiger partial charge < -0.3 is 10.2 Å². The normalized spacial score (nSPS) is 8.85. The molecule has 13 heavy (non-hydrogen) atoms. The zero-order chi connectivity index (χ0) is 11.3. The molecule has 0 amide bonds. The Morgan fingerprint density at radius 3 is 1.46 bits per heavy atom. The average Bonchev–Trinajstić information content (AvgIpc) is 2.19. The molecule has 0 aliphatic rings.